The minimum atomic E-state index is 0.0110. The van der Waals surface area contributed by atoms with E-state index in [1.54, 1.807) is 29.2 Å². The molecule has 0 spiro atoms. The van der Waals surface area contributed by atoms with E-state index in [1.165, 1.54) is 0 Å². The van der Waals surface area contributed by atoms with Crippen LogP contribution in [0, 0.1) is 0 Å². The first-order valence-corrected chi connectivity index (χ1v) is 6.74. The van der Waals surface area contributed by atoms with Crippen LogP contribution in [-0.4, -0.2) is 36.3 Å². The van der Waals surface area contributed by atoms with Crippen molar-refractivity contribution in [2.45, 2.75) is 26.2 Å². The number of amides is 1. The van der Waals surface area contributed by atoms with Crippen molar-refractivity contribution in [1.82, 2.24) is 4.90 Å². The summed E-state index contributed by atoms with van der Waals surface area (Å²) in [6.45, 7) is 4.21. The van der Waals surface area contributed by atoms with Gasteiger partial charge < -0.3 is 9.64 Å². The van der Waals surface area contributed by atoms with Crippen molar-refractivity contribution in [1.29, 1.82) is 0 Å². The van der Waals surface area contributed by atoms with Gasteiger partial charge in [-0.3, -0.25) is 9.59 Å². The van der Waals surface area contributed by atoms with Crippen LogP contribution in [-0.2, 0) is 4.79 Å². The van der Waals surface area contributed by atoms with Gasteiger partial charge in [-0.15, -0.1) is 0 Å². The van der Waals surface area contributed by atoms with Crippen LogP contribution in [0.4, 0.5) is 0 Å². The van der Waals surface area contributed by atoms with Crippen molar-refractivity contribution < 1.29 is 14.3 Å². The first kappa shape index (κ1) is 13.6. The lowest BCUT2D eigenvalue weighted by Crippen LogP contribution is -2.42. The normalized spacial score (nSPS) is 13.8. The summed E-state index contributed by atoms with van der Waals surface area (Å²) in [7, 11) is 0. The van der Waals surface area contributed by atoms with Crippen LogP contribution in [0.15, 0.2) is 24.3 Å². The predicted molar refractivity (Wildman–Crippen MR) is 72.4 cm³/mol. The number of rotatable bonds is 6. The van der Waals surface area contributed by atoms with Crippen LogP contribution in [0.3, 0.4) is 0 Å². The van der Waals surface area contributed by atoms with Crippen LogP contribution in [0.2, 0.25) is 0 Å². The van der Waals surface area contributed by atoms with Crippen LogP contribution in [0.1, 0.15) is 36.5 Å². The molecule has 0 aliphatic carbocycles. The summed E-state index contributed by atoms with van der Waals surface area (Å²) < 4.78 is 5.32. The third-order valence-electron chi connectivity index (χ3n) is 3.26. The van der Waals surface area contributed by atoms with Crippen molar-refractivity contribution in [3.8, 4) is 5.75 Å². The standard InChI is InChI=1S/C15H19NO3/c1-2-19-13-6-4-12(5-7-13)14(17)8-9-15(18)16-10-3-11-16/h4-7H,2-3,8-11H2,1H3. The third-order valence-corrected chi connectivity index (χ3v) is 3.26. The molecule has 0 atom stereocenters. The molecular formula is C15H19NO3. The molecular weight excluding hydrogens is 242 g/mol. The van der Waals surface area contributed by atoms with E-state index in [2.05, 4.69) is 0 Å². The summed E-state index contributed by atoms with van der Waals surface area (Å²) in [6, 6.07) is 7.07. The minimum absolute atomic E-state index is 0.0110. The molecule has 0 aromatic heterocycles. The molecule has 0 radical (unpaired) electrons. The molecule has 1 fully saturated rings. The van der Waals surface area contributed by atoms with Gasteiger partial charge >= 0.3 is 0 Å². The maximum absolute atomic E-state index is 11.9. The molecule has 1 aliphatic rings. The molecule has 102 valence electrons. The Labute approximate surface area is 113 Å². The molecule has 0 bridgehead atoms. The van der Waals surface area contributed by atoms with Gasteiger partial charge in [-0.2, -0.15) is 0 Å². The Bertz CT molecular complexity index is 449. The Kier molecular flexibility index (Phi) is 4.55. The Morgan fingerprint density at radius 2 is 1.84 bits per heavy atom. The molecule has 1 saturated heterocycles. The number of ether oxygens (including phenoxy) is 1. The lowest BCUT2D eigenvalue weighted by atomic mass is 10.1. The van der Waals surface area contributed by atoms with Crippen molar-refractivity contribution in [2.75, 3.05) is 19.7 Å². The van der Waals surface area contributed by atoms with E-state index in [-0.39, 0.29) is 18.1 Å². The van der Waals surface area contributed by atoms with Crippen LogP contribution < -0.4 is 4.74 Å². The van der Waals surface area contributed by atoms with Gasteiger partial charge in [-0.05, 0) is 37.6 Å². The van der Waals surface area contributed by atoms with Gasteiger partial charge in [0.25, 0.3) is 0 Å². The van der Waals surface area contributed by atoms with Crippen molar-refractivity contribution in [3.05, 3.63) is 29.8 Å². The van der Waals surface area contributed by atoms with Gasteiger partial charge in [-0.1, -0.05) is 0 Å². The average molecular weight is 261 g/mol. The minimum Gasteiger partial charge on any atom is -0.494 e. The number of carbonyl (C=O) groups is 2. The second-order valence-electron chi connectivity index (χ2n) is 4.61. The molecule has 2 rings (SSSR count). The highest BCUT2D eigenvalue weighted by Gasteiger charge is 2.20. The fourth-order valence-corrected chi connectivity index (χ4v) is 1.99. The SMILES string of the molecule is CCOc1ccc(C(=O)CCC(=O)N2CCC2)cc1. The molecule has 0 unspecified atom stereocenters. The van der Waals surface area contributed by atoms with Crippen molar-refractivity contribution in [2.24, 2.45) is 0 Å². The maximum Gasteiger partial charge on any atom is 0.223 e. The summed E-state index contributed by atoms with van der Waals surface area (Å²) in [6.07, 6.45) is 1.67. The summed E-state index contributed by atoms with van der Waals surface area (Å²) in [4.78, 5) is 25.4. The molecule has 4 nitrogen and oxygen atoms in total. The Morgan fingerprint density at radius 1 is 1.16 bits per heavy atom. The lowest BCUT2D eigenvalue weighted by Gasteiger charge is -2.30. The topological polar surface area (TPSA) is 46.6 Å². The first-order chi connectivity index (χ1) is 9.20. The number of ketones is 1. The van der Waals surface area contributed by atoms with E-state index in [1.807, 2.05) is 6.92 Å². The van der Waals surface area contributed by atoms with E-state index in [4.69, 9.17) is 4.74 Å². The number of carbonyl (C=O) groups excluding carboxylic acids is 2. The highest BCUT2D eigenvalue weighted by molar-refractivity contribution is 5.98. The van der Waals surface area contributed by atoms with E-state index in [0.29, 0.717) is 18.6 Å². The molecule has 1 aromatic carbocycles. The largest absolute Gasteiger partial charge is 0.494 e. The fraction of sp³-hybridized carbons (Fsp3) is 0.467. The number of Topliss-reactive ketones (excluding diaryl/α,β-unsaturated/α-hetero) is 1. The zero-order chi connectivity index (χ0) is 13.7. The second kappa shape index (κ2) is 6.36. The molecule has 1 aromatic rings. The average Bonchev–Trinajstić information content (AvgIpc) is 2.35. The maximum atomic E-state index is 11.9. The molecule has 0 saturated carbocycles. The monoisotopic (exact) mass is 261 g/mol. The van der Waals surface area contributed by atoms with Gasteiger partial charge in [0.1, 0.15) is 5.75 Å². The number of nitrogens with zero attached hydrogens (tertiary/aromatic N) is 1. The second-order valence-corrected chi connectivity index (χ2v) is 4.61. The smallest absolute Gasteiger partial charge is 0.223 e. The van der Waals surface area contributed by atoms with E-state index in [9.17, 15) is 9.59 Å². The molecule has 1 heterocycles. The van der Waals surface area contributed by atoms with E-state index < -0.39 is 0 Å². The van der Waals surface area contributed by atoms with Gasteiger partial charge in [-0.25, -0.2) is 0 Å². The van der Waals surface area contributed by atoms with E-state index in [0.717, 1.165) is 25.3 Å². The summed E-state index contributed by atoms with van der Waals surface area (Å²) in [5, 5.41) is 0. The quantitative estimate of drug-likeness (QED) is 0.738. The molecule has 1 amide bonds. The van der Waals surface area contributed by atoms with E-state index >= 15 is 0 Å². The van der Waals surface area contributed by atoms with Gasteiger partial charge in [0.05, 0.1) is 6.61 Å². The highest BCUT2D eigenvalue weighted by atomic mass is 16.5. The Hall–Kier alpha value is -1.84. The molecule has 19 heavy (non-hydrogen) atoms. The molecule has 1 aliphatic heterocycles. The Morgan fingerprint density at radius 3 is 2.37 bits per heavy atom. The lowest BCUT2D eigenvalue weighted by molar-refractivity contribution is -0.134. The zero-order valence-corrected chi connectivity index (χ0v) is 11.2. The van der Waals surface area contributed by atoms with Gasteiger partial charge in [0, 0.05) is 31.5 Å². The van der Waals surface area contributed by atoms with Gasteiger partial charge in [0.2, 0.25) is 5.91 Å². The summed E-state index contributed by atoms with van der Waals surface area (Å²) in [5.41, 5.74) is 0.639. The first-order valence-electron chi connectivity index (χ1n) is 6.74. The van der Waals surface area contributed by atoms with Gasteiger partial charge in [0.15, 0.2) is 5.78 Å². The zero-order valence-electron chi connectivity index (χ0n) is 11.2. The number of likely N-dealkylation sites (tertiary alicyclic amines) is 1. The van der Waals surface area contributed by atoms with Crippen LogP contribution >= 0.6 is 0 Å². The number of benzene rings is 1. The molecule has 4 heteroatoms. The third kappa shape index (κ3) is 3.56. The highest BCUT2D eigenvalue weighted by Crippen LogP contribution is 2.15. The predicted octanol–water partition coefficient (Wildman–Crippen LogP) is 2.28. The van der Waals surface area contributed by atoms with Crippen molar-refractivity contribution in [3.63, 3.8) is 0 Å². The van der Waals surface area contributed by atoms with Crippen molar-refractivity contribution >= 4 is 11.7 Å². The Balaban J connectivity index is 1.83. The number of hydrogen-bond donors (Lipinski definition) is 0. The summed E-state index contributed by atoms with van der Waals surface area (Å²) >= 11 is 0. The molecule has 0 N–H and O–H groups in total. The summed E-state index contributed by atoms with van der Waals surface area (Å²) in [5.74, 6) is 0.859. The van der Waals surface area contributed by atoms with Crippen LogP contribution in [0.5, 0.6) is 5.75 Å². The number of hydrogen-bond acceptors (Lipinski definition) is 3. The van der Waals surface area contributed by atoms with Crippen LogP contribution in [0.25, 0.3) is 0 Å². The fourth-order valence-electron chi connectivity index (χ4n) is 1.99.